The molecule has 4 nitrogen and oxygen atoms in total. The van der Waals surface area contributed by atoms with Crippen molar-refractivity contribution in [2.45, 2.75) is 69.3 Å². The van der Waals surface area contributed by atoms with Gasteiger partial charge in [0, 0.05) is 12.1 Å². The van der Waals surface area contributed by atoms with Crippen molar-refractivity contribution in [3.63, 3.8) is 0 Å². The molecule has 1 atom stereocenters. The molecule has 0 saturated heterocycles. The van der Waals surface area contributed by atoms with Crippen LogP contribution in [0.15, 0.2) is 18.2 Å². The van der Waals surface area contributed by atoms with Crippen LogP contribution in [0.2, 0.25) is 0 Å². The first-order valence-electron chi connectivity index (χ1n) is 9.14. The van der Waals surface area contributed by atoms with E-state index in [1.165, 1.54) is 6.42 Å². The van der Waals surface area contributed by atoms with Gasteiger partial charge in [0.2, 0.25) is 9.70 Å². The smallest absolute Gasteiger partial charge is 0.228 e. The number of hydrogen-bond donors (Lipinski definition) is 3. The maximum atomic E-state index is 12.2. The minimum Gasteiger partial charge on any atom is -0.339 e. The molecule has 0 aliphatic rings. The number of carbonyl (C=O) groups excluding carboxylic acids is 1. The molecule has 1 aromatic carbocycles. The Morgan fingerprint density at radius 3 is 2.41 bits per heavy atom. The van der Waals surface area contributed by atoms with Gasteiger partial charge in [-0.2, -0.15) is 0 Å². The third-order valence-electron chi connectivity index (χ3n) is 4.06. The fraction of sp³-hybridized carbons (Fsp3) is 0.579. The summed E-state index contributed by atoms with van der Waals surface area (Å²) < 4.78 is -1.74. The zero-order valence-corrected chi connectivity index (χ0v) is 19.1. The summed E-state index contributed by atoms with van der Waals surface area (Å²) in [6, 6.07) is 5.98. The lowest BCUT2D eigenvalue weighted by molar-refractivity contribution is -0.122. The van der Waals surface area contributed by atoms with E-state index in [-0.39, 0.29) is 11.0 Å². The van der Waals surface area contributed by atoms with Crippen molar-refractivity contribution < 1.29 is 4.79 Å². The number of unbranched alkanes of at least 4 members (excludes halogenated alkanes) is 4. The van der Waals surface area contributed by atoms with Gasteiger partial charge >= 0.3 is 0 Å². The van der Waals surface area contributed by atoms with E-state index in [1.807, 2.05) is 32.0 Å². The average molecular weight is 453 g/mol. The Morgan fingerprint density at radius 1 is 1.11 bits per heavy atom. The second-order valence-corrected chi connectivity index (χ2v) is 9.40. The SMILES string of the molecule is CCCCCCCC(=O)NC(NC(=S)Nc1cc(C)ccc1C)C(Cl)(Cl)Cl. The number of nitrogens with one attached hydrogen (secondary N) is 3. The highest BCUT2D eigenvalue weighted by Gasteiger charge is 2.34. The van der Waals surface area contributed by atoms with E-state index >= 15 is 0 Å². The van der Waals surface area contributed by atoms with Gasteiger partial charge in [-0.3, -0.25) is 4.79 Å². The average Bonchev–Trinajstić information content (AvgIpc) is 2.56. The molecule has 0 aliphatic heterocycles. The Labute approximate surface area is 182 Å². The predicted molar refractivity (Wildman–Crippen MR) is 121 cm³/mol. The van der Waals surface area contributed by atoms with E-state index < -0.39 is 9.96 Å². The van der Waals surface area contributed by atoms with Crippen molar-refractivity contribution in [3.8, 4) is 0 Å². The highest BCUT2D eigenvalue weighted by atomic mass is 35.6. The first-order valence-corrected chi connectivity index (χ1v) is 10.7. The van der Waals surface area contributed by atoms with Crippen molar-refractivity contribution in [3.05, 3.63) is 29.3 Å². The number of carbonyl (C=O) groups is 1. The molecule has 0 fully saturated rings. The zero-order valence-electron chi connectivity index (χ0n) is 16.0. The second kappa shape index (κ2) is 11.9. The molecule has 1 rings (SSSR count). The molecule has 1 aromatic rings. The minimum atomic E-state index is -1.74. The normalized spacial score (nSPS) is 12.4. The molecule has 27 heavy (non-hydrogen) atoms. The molecule has 152 valence electrons. The van der Waals surface area contributed by atoms with Crippen LogP contribution in [0.5, 0.6) is 0 Å². The van der Waals surface area contributed by atoms with Gasteiger partial charge < -0.3 is 16.0 Å². The summed E-state index contributed by atoms with van der Waals surface area (Å²) in [5.41, 5.74) is 2.99. The van der Waals surface area contributed by atoms with Gasteiger partial charge in [0.1, 0.15) is 6.17 Å². The summed E-state index contributed by atoms with van der Waals surface area (Å²) in [6.07, 6.45) is 4.74. The molecular weight excluding hydrogens is 425 g/mol. The molecule has 8 heteroatoms. The van der Waals surface area contributed by atoms with Gasteiger partial charge in [0.05, 0.1) is 0 Å². The Morgan fingerprint density at radius 2 is 1.78 bits per heavy atom. The Bertz CT molecular complexity index is 635. The van der Waals surface area contributed by atoms with Crippen LogP contribution in [-0.4, -0.2) is 21.0 Å². The van der Waals surface area contributed by atoms with E-state index in [2.05, 4.69) is 22.9 Å². The van der Waals surface area contributed by atoms with Crippen molar-refractivity contribution in [1.29, 1.82) is 0 Å². The molecule has 0 saturated carbocycles. The van der Waals surface area contributed by atoms with Crippen LogP contribution < -0.4 is 16.0 Å². The molecule has 0 radical (unpaired) electrons. The molecule has 1 amide bonds. The lowest BCUT2D eigenvalue weighted by atomic mass is 10.1. The van der Waals surface area contributed by atoms with Crippen molar-refractivity contribution in [2.24, 2.45) is 0 Å². The number of aryl methyl sites for hydroxylation is 2. The number of rotatable bonds is 9. The summed E-state index contributed by atoms with van der Waals surface area (Å²) in [6.45, 7) is 6.11. The number of anilines is 1. The molecule has 0 heterocycles. The number of amides is 1. The Kier molecular flexibility index (Phi) is 10.7. The van der Waals surface area contributed by atoms with Gasteiger partial charge in [-0.25, -0.2) is 0 Å². The van der Waals surface area contributed by atoms with Gasteiger partial charge in [-0.05, 0) is 49.7 Å². The monoisotopic (exact) mass is 451 g/mol. The van der Waals surface area contributed by atoms with Crippen molar-refractivity contribution in [2.75, 3.05) is 5.32 Å². The largest absolute Gasteiger partial charge is 0.339 e. The highest BCUT2D eigenvalue weighted by molar-refractivity contribution is 7.80. The van der Waals surface area contributed by atoms with Gasteiger partial charge in [-0.1, -0.05) is 79.5 Å². The first-order chi connectivity index (χ1) is 12.6. The number of halogens is 3. The van der Waals surface area contributed by atoms with Crippen LogP contribution in [0.25, 0.3) is 0 Å². The van der Waals surface area contributed by atoms with E-state index in [0.29, 0.717) is 6.42 Å². The summed E-state index contributed by atoms with van der Waals surface area (Å²) in [5, 5.41) is 8.96. The van der Waals surface area contributed by atoms with Crippen LogP contribution in [0.4, 0.5) is 5.69 Å². The third-order valence-corrected chi connectivity index (χ3v) is 4.93. The molecule has 0 aromatic heterocycles. The Balaban J connectivity index is 2.60. The highest BCUT2D eigenvalue weighted by Crippen LogP contribution is 2.29. The molecule has 0 aliphatic carbocycles. The summed E-state index contributed by atoms with van der Waals surface area (Å²) >= 11 is 23.4. The zero-order chi connectivity index (χ0) is 20.4. The lowest BCUT2D eigenvalue weighted by Gasteiger charge is -2.28. The number of hydrogen-bond acceptors (Lipinski definition) is 2. The quantitative estimate of drug-likeness (QED) is 0.193. The van der Waals surface area contributed by atoms with E-state index in [0.717, 1.165) is 42.5 Å². The van der Waals surface area contributed by atoms with Crippen molar-refractivity contribution in [1.82, 2.24) is 10.6 Å². The first kappa shape index (κ1) is 24.3. The topological polar surface area (TPSA) is 53.2 Å². The maximum absolute atomic E-state index is 12.2. The summed E-state index contributed by atoms with van der Waals surface area (Å²) in [7, 11) is 0. The van der Waals surface area contributed by atoms with E-state index in [4.69, 9.17) is 47.0 Å². The van der Waals surface area contributed by atoms with Gasteiger partial charge in [0.25, 0.3) is 0 Å². The fourth-order valence-corrected chi connectivity index (χ4v) is 3.04. The lowest BCUT2D eigenvalue weighted by Crippen LogP contribution is -2.56. The third kappa shape index (κ3) is 9.84. The van der Waals surface area contributed by atoms with Crippen LogP contribution in [0, 0.1) is 13.8 Å². The van der Waals surface area contributed by atoms with Crippen LogP contribution >= 0.6 is 47.0 Å². The van der Waals surface area contributed by atoms with Gasteiger partial charge in [-0.15, -0.1) is 0 Å². The summed E-state index contributed by atoms with van der Waals surface area (Å²) in [5.74, 6) is -0.176. The van der Waals surface area contributed by atoms with E-state index in [1.54, 1.807) is 0 Å². The van der Waals surface area contributed by atoms with E-state index in [9.17, 15) is 4.79 Å². The standard InChI is InChI=1S/C19H28Cl3N3OS/c1-4-5-6-7-8-9-16(26)24-17(19(20,21)22)25-18(27)23-15-12-13(2)10-11-14(15)3/h10-12,17H,4-9H2,1-3H3,(H,24,26)(H2,23,25,27). The fourth-order valence-electron chi connectivity index (χ4n) is 2.48. The molecule has 3 N–H and O–H groups in total. The molecular formula is C19H28Cl3N3OS. The van der Waals surface area contributed by atoms with Crippen molar-refractivity contribution >= 4 is 63.7 Å². The number of alkyl halides is 3. The minimum absolute atomic E-state index is 0.176. The molecule has 1 unspecified atom stereocenters. The number of benzene rings is 1. The Hall–Kier alpha value is -0.750. The number of thiocarbonyl (C=S) groups is 1. The van der Waals surface area contributed by atoms with Crippen LogP contribution in [0.3, 0.4) is 0 Å². The van der Waals surface area contributed by atoms with Gasteiger partial charge in [0.15, 0.2) is 5.11 Å². The molecule has 0 bridgehead atoms. The maximum Gasteiger partial charge on any atom is 0.228 e. The second-order valence-electron chi connectivity index (χ2n) is 6.62. The van der Waals surface area contributed by atoms with Crippen LogP contribution in [-0.2, 0) is 4.79 Å². The molecule has 0 spiro atoms. The predicted octanol–water partition coefficient (Wildman–Crippen LogP) is 5.76. The van der Waals surface area contributed by atoms with Crippen LogP contribution in [0.1, 0.15) is 56.6 Å². The summed E-state index contributed by atoms with van der Waals surface area (Å²) in [4.78, 5) is 12.2.